The van der Waals surface area contributed by atoms with E-state index in [4.69, 9.17) is 9.47 Å². The van der Waals surface area contributed by atoms with Gasteiger partial charge in [0, 0.05) is 31.5 Å². The molecule has 2 fully saturated rings. The molecule has 0 aliphatic carbocycles. The summed E-state index contributed by atoms with van der Waals surface area (Å²) in [5, 5.41) is 0. The van der Waals surface area contributed by atoms with E-state index in [0.717, 1.165) is 45.4 Å². The van der Waals surface area contributed by atoms with Gasteiger partial charge in [0.2, 0.25) is 0 Å². The molecule has 0 amide bonds. The molecule has 3 atom stereocenters. The van der Waals surface area contributed by atoms with Crippen LogP contribution in [0.4, 0.5) is 0 Å². The Labute approximate surface area is 84.8 Å². The molecule has 0 aromatic heterocycles. The van der Waals surface area contributed by atoms with Gasteiger partial charge in [0.1, 0.15) is 6.29 Å². The van der Waals surface area contributed by atoms with Crippen LogP contribution in [0.1, 0.15) is 26.2 Å². The predicted octanol–water partition coefficient (Wildman–Crippen LogP) is 1.41. The number of aldehydes is 1. The van der Waals surface area contributed by atoms with Crippen molar-refractivity contribution in [2.45, 2.75) is 31.8 Å². The van der Waals surface area contributed by atoms with Gasteiger partial charge >= 0.3 is 0 Å². The van der Waals surface area contributed by atoms with Crippen LogP contribution >= 0.6 is 0 Å². The molecule has 2 aliphatic rings. The number of carbonyl (C=O) groups excluding carboxylic acids is 1. The Morgan fingerprint density at radius 1 is 1.43 bits per heavy atom. The average molecular weight is 198 g/mol. The molecule has 0 radical (unpaired) electrons. The fraction of sp³-hybridized carbons (Fsp3) is 0.909. The second-order valence-corrected chi connectivity index (χ2v) is 4.53. The maximum absolute atomic E-state index is 10.8. The number of hydrogen-bond acceptors (Lipinski definition) is 3. The first kappa shape index (κ1) is 10.1. The van der Waals surface area contributed by atoms with Gasteiger partial charge in [0.15, 0.2) is 0 Å². The van der Waals surface area contributed by atoms with Crippen LogP contribution < -0.4 is 0 Å². The van der Waals surface area contributed by atoms with Crippen LogP contribution in [0.5, 0.6) is 0 Å². The third-order valence-corrected chi connectivity index (χ3v) is 3.61. The Hall–Kier alpha value is -0.410. The van der Waals surface area contributed by atoms with Crippen molar-refractivity contribution < 1.29 is 14.3 Å². The average Bonchev–Trinajstić information content (AvgIpc) is 2.23. The highest BCUT2D eigenvalue weighted by Gasteiger charge is 2.43. The van der Waals surface area contributed by atoms with Gasteiger partial charge in [-0.2, -0.15) is 0 Å². The predicted molar refractivity (Wildman–Crippen MR) is 52.1 cm³/mol. The van der Waals surface area contributed by atoms with Crippen molar-refractivity contribution in [1.82, 2.24) is 0 Å². The van der Waals surface area contributed by atoms with E-state index in [0.29, 0.717) is 5.92 Å². The summed E-state index contributed by atoms with van der Waals surface area (Å²) in [6.07, 6.45) is 3.81. The lowest BCUT2D eigenvalue weighted by Gasteiger charge is -2.46. The number of carbonyl (C=O) groups is 1. The van der Waals surface area contributed by atoms with Gasteiger partial charge in [-0.1, -0.05) is 6.92 Å². The SMILES string of the molecule is CC1COCCC12CC(C=O)CCO2. The second kappa shape index (κ2) is 3.99. The highest BCUT2D eigenvalue weighted by molar-refractivity contribution is 5.53. The summed E-state index contributed by atoms with van der Waals surface area (Å²) in [4.78, 5) is 10.8. The van der Waals surface area contributed by atoms with Gasteiger partial charge in [-0.05, 0) is 12.8 Å². The molecule has 0 bridgehead atoms. The third kappa shape index (κ3) is 1.71. The van der Waals surface area contributed by atoms with Crippen molar-refractivity contribution in [3.05, 3.63) is 0 Å². The summed E-state index contributed by atoms with van der Waals surface area (Å²) in [7, 11) is 0. The summed E-state index contributed by atoms with van der Waals surface area (Å²) < 4.78 is 11.3. The molecular weight excluding hydrogens is 180 g/mol. The lowest BCUT2D eigenvalue weighted by molar-refractivity contribution is -0.178. The Kier molecular flexibility index (Phi) is 2.88. The van der Waals surface area contributed by atoms with Crippen LogP contribution in [0.15, 0.2) is 0 Å². The first-order chi connectivity index (χ1) is 6.77. The Morgan fingerprint density at radius 2 is 2.29 bits per heavy atom. The summed E-state index contributed by atoms with van der Waals surface area (Å²) in [6, 6.07) is 0. The Bertz CT molecular complexity index is 213. The second-order valence-electron chi connectivity index (χ2n) is 4.53. The molecule has 2 heterocycles. The zero-order chi connectivity index (χ0) is 10.0. The molecule has 3 nitrogen and oxygen atoms in total. The molecule has 3 heteroatoms. The van der Waals surface area contributed by atoms with Gasteiger partial charge in [0.05, 0.1) is 12.2 Å². The summed E-state index contributed by atoms with van der Waals surface area (Å²) in [6.45, 7) is 4.43. The lowest BCUT2D eigenvalue weighted by Crippen LogP contribution is -2.50. The first-order valence-corrected chi connectivity index (χ1v) is 5.44. The smallest absolute Gasteiger partial charge is 0.123 e. The standard InChI is InChI=1S/C11H18O3/c1-9-8-13-5-3-11(9)6-10(7-12)2-4-14-11/h7,9-10H,2-6,8H2,1H3. The summed E-state index contributed by atoms with van der Waals surface area (Å²) in [5.74, 6) is 0.614. The molecule has 0 saturated carbocycles. The maximum Gasteiger partial charge on any atom is 0.123 e. The third-order valence-electron chi connectivity index (χ3n) is 3.61. The molecule has 3 unspecified atom stereocenters. The van der Waals surface area contributed by atoms with Gasteiger partial charge in [-0.3, -0.25) is 0 Å². The van der Waals surface area contributed by atoms with E-state index in [9.17, 15) is 4.79 Å². The van der Waals surface area contributed by atoms with E-state index < -0.39 is 0 Å². The van der Waals surface area contributed by atoms with E-state index >= 15 is 0 Å². The van der Waals surface area contributed by atoms with Crippen LogP contribution in [0.3, 0.4) is 0 Å². The van der Waals surface area contributed by atoms with Crippen LogP contribution in [0.25, 0.3) is 0 Å². The van der Waals surface area contributed by atoms with Gasteiger partial charge in [0.25, 0.3) is 0 Å². The number of rotatable bonds is 1. The zero-order valence-corrected chi connectivity index (χ0v) is 8.70. The highest BCUT2D eigenvalue weighted by Crippen LogP contribution is 2.39. The zero-order valence-electron chi connectivity index (χ0n) is 8.70. The van der Waals surface area contributed by atoms with Gasteiger partial charge < -0.3 is 14.3 Å². The van der Waals surface area contributed by atoms with Gasteiger partial charge in [-0.25, -0.2) is 0 Å². The van der Waals surface area contributed by atoms with Crippen LogP contribution in [0, 0.1) is 11.8 Å². The quantitative estimate of drug-likeness (QED) is 0.597. The largest absolute Gasteiger partial charge is 0.381 e. The van der Waals surface area contributed by atoms with E-state index in [-0.39, 0.29) is 11.5 Å². The van der Waals surface area contributed by atoms with Crippen molar-refractivity contribution in [3.8, 4) is 0 Å². The van der Waals surface area contributed by atoms with E-state index in [2.05, 4.69) is 6.92 Å². The molecule has 2 rings (SSSR count). The van der Waals surface area contributed by atoms with Crippen molar-refractivity contribution in [1.29, 1.82) is 0 Å². The van der Waals surface area contributed by atoms with Gasteiger partial charge in [-0.15, -0.1) is 0 Å². The Morgan fingerprint density at radius 3 is 3.00 bits per heavy atom. The maximum atomic E-state index is 10.8. The first-order valence-electron chi connectivity index (χ1n) is 5.44. The molecule has 0 aromatic rings. The minimum atomic E-state index is -0.0674. The fourth-order valence-corrected chi connectivity index (χ4v) is 2.56. The molecule has 1 spiro atoms. The van der Waals surface area contributed by atoms with Crippen molar-refractivity contribution in [2.75, 3.05) is 19.8 Å². The van der Waals surface area contributed by atoms with Crippen molar-refractivity contribution >= 4 is 6.29 Å². The summed E-state index contributed by atoms with van der Waals surface area (Å²) >= 11 is 0. The van der Waals surface area contributed by atoms with Crippen molar-refractivity contribution in [2.24, 2.45) is 11.8 Å². The monoisotopic (exact) mass is 198 g/mol. The van der Waals surface area contributed by atoms with E-state index in [1.54, 1.807) is 0 Å². The Balaban J connectivity index is 2.08. The van der Waals surface area contributed by atoms with Crippen LogP contribution in [-0.4, -0.2) is 31.7 Å². The minimum absolute atomic E-state index is 0.0674. The normalized spacial score (nSPS) is 43.8. The topological polar surface area (TPSA) is 35.5 Å². The molecule has 80 valence electrons. The lowest BCUT2D eigenvalue weighted by atomic mass is 9.75. The number of hydrogen-bond donors (Lipinski definition) is 0. The summed E-state index contributed by atoms with van der Waals surface area (Å²) in [5.41, 5.74) is -0.0674. The molecule has 0 aromatic carbocycles. The fourth-order valence-electron chi connectivity index (χ4n) is 2.56. The van der Waals surface area contributed by atoms with E-state index in [1.165, 1.54) is 0 Å². The van der Waals surface area contributed by atoms with E-state index in [1.807, 2.05) is 0 Å². The molecule has 2 saturated heterocycles. The number of ether oxygens (including phenoxy) is 2. The highest BCUT2D eigenvalue weighted by atomic mass is 16.5. The van der Waals surface area contributed by atoms with Crippen LogP contribution in [-0.2, 0) is 14.3 Å². The molecule has 0 N–H and O–H groups in total. The minimum Gasteiger partial charge on any atom is -0.381 e. The molecule has 2 aliphatic heterocycles. The van der Waals surface area contributed by atoms with Crippen molar-refractivity contribution in [3.63, 3.8) is 0 Å². The molecular formula is C11H18O3. The van der Waals surface area contributed by atoms with Crippen LogP contribution in [0.2, 0.25) is 0 Å². The molecule has 14 heavy (non-hydrogen) atoms.